The highest BCUT2D eigenvalue weighted by Crippen LogP contribution is 2.21. The normalized spacial score (nSPS) is 15.4. The number of likely N-dealkylation sites (tertiary alicyclic amines) is 1. The summed E-state index contributed by atoms with van der Waals surface area (Å²) in [5, 5.41) is 2.64. The number of aryl methyl sites for hydroxylation is 1. The molecule has 0 spiro atoms. The van der Waals surface area contributed by atoms with Crippen LogP contribution >= 0.6 is 0 Å². The summed E-state index contributed by atoms with van der Waals surface area (Å²) < 4.78 is 33.3. The number of carbonyl (C=O) groups excluding carboxylic acids is 2. The molecule has 0 atom stereocenters. The number of hydrogen-bond donors (Lipinski definition) is 2. The molecule has 2 aromatic rings. The minimum Gasteiger partial charge on any atom is -0.465 e. The molecular weight excluding hydrogens is 418 g/mol. The second-order valence-corrected chi connectivity index (χ2v) is 9.37. The number of anilines is 1. The van der Waals surface area contributed by atoms with Crippen molar-refractivity contribution < 1.29 is 22.4 Å². The average Bonchev–Trinajstić information content (AvgIpc) is 3.24. The van der Waals surface area contributed by atoms with Crippen LogP contribution in [0, 0.1) is 12.8 Å². The predicted octanol–water partition coefficient (Wildman–Crippen LogP) is 2.78. The molecule has 2 N–H and O–H groups in total. The van der Waals surface area contributed by atoms with Crippen molar-refractivity contribution in [1.82, 2.24) is 9.62 Å². The Hall–Kier alpha value is -2.91. The lowest BCUT2D eigenvalue weighted by Crippen LogP contribution is -2.41. The Bertz CT molecular complexity index is 1050. The van der Waals surface area contributed by atoms with Gasteiger partial charge in [-0.25, -0.2) is 13.1 Å². The number of sulfonamides is 1. The SMILES string of the molecule is CC(=O)Nc1ccc(S(=O)(=O)NCC2CCN(C(=O)/C=C/c3ccco3)CC2)c(C)c1. The van der Waals surface area contributed by atoms with Gasteiger partial charge in [0.05, 0.1) is 11.2 Å². The van der Waals surface area contributed by atoms with Gasteiger partial charge in [0, 0.05) is 38.3 Å². The zero-order valence-corrected chi connectivity index (χ0v) is 18.4. The van der Waals surface area contributed by atoms with Crippen molar-refractivity contribution in [2.24, 2.45) is 5.92 Å². The molecule has 1 aliphatic rings. The van der Waals surface area contributed by atoms with E-state index in [2.05, 4.69) is 10.0 Å². The third-order valence-electron chi connectivity index (χ3n) is 5.21. The summed E-state index contributed by atoms with van der Waals surface area (Å²) in [5.41, 5.74) is 1.12. The van der Waals surface area contributed by atoms with Gasteiger partial charge in [-0.3, -0.25) is 9.59 Å². The fraction of sp³-hybridized carbons (Fsp3) is 0.364. The summed E-state index contributed by atoms with van der Waals surface area (Å²) in [4.78, 5) is 25.4. The molecule has 31 heavy (non-hydrogen) atoms. The van der Waals surface area contributed by atoms with Crippen LogP contribution in [0.2, 0.25) is 0 Å². The van der Waals surface area contributed by atoms with Crippen LogP contribution in [0.5, 0.6) is 0 Å². The van der Waals surface area contributed by atoms with Crippen molar-refractivity contribution in [2.75, 3.05) is 25.0 Å². The molecule has 1 saturated heterocycles. The fourth-order valence-electron chi connectivity index (χ4n) is 3.54. The lowest BCUT2D eigenvalue weighted by atomic mass is 9.97. The maximum atomic E-state index is 12.7. The summed E-state index contributed by atoms with van der Waals surface area (Å²) in [7, 11) is -3.66. The van der Waals surface area contributed by atoms with E-state index in [1.165, 1.54) is 19.1 Å². The highest BCUT2D eigenvalue weighted by atomic mass is 32.2. The summed E-state index contributed by atoms with van der Waals surface area (Å²) in [5.74, 6) is 0.490. The molecule has 3 rings (SSSR count). The van der Waals surface area contributed by atoms with E-state index in [1.807, 2.05) is 0 Å². The zero-order valence-electron chi connectivity index (χ0n) is 17.6. The van der Waals surface area contributed by atoms with Gasteiger partial charge in [0.1, 0.15) is 5.76 Å². The number of nitrogens with one attached hydrogen (secondary N) is 2. The lowest BCUT2D eigenvalue weighted by Gasteiger charge is -2.31. The second-order valence-electron chi connectivity index (χ2n) is 7.63. The highest BCUT2D eigenvalue weighted by molar-refractivity contribution is 7.89. The highest BCUT2D eigenvalue weighted by Gasteiger charge is 2.24. The third-order valence-corrected chi connectivity index (χ3v) is 6.79. The quantitative estimate of drug-likeness (QED) is 0.637. The predicted molar refractivity (Wildman–Crippen MR) is 118 cm³/mol. The van der Waals surface area contributed by atoms with E-state index in [9.17, 15) is 18.0 Å². The van der Waals surface area contributed by atoms with E-state index in [1.54, 1.807) is 48.4 Å². The van der Waals surface area contributed by atoms with Crippen molar-refractivity contribution in [3.63, 3.8) is 0 Å². The second kappa shape index (κ2) is 9.93. The molecule has 1 aliphatic heterocycles. The van der Waals surface area contributed by atoms with Gasteiger partial charge < -0.3 is 14.6 Å². The fourth-order valence-corrected chi connectivity index (χ4v) is 4.88. The topological polar surface area (TPSA) is 109 Å². The van der Waals surface area contributed by atoms with Gasteiger partial charge in [-0.05, 0) is 67.7 Å². The summed E-state index contributed by atoms with van der Waals surface area (Å²) >= 11 is 0. The van der Waals surface area contributed by atoms with Crippen molar-refractivity contribution in [3.8, 4) is 0 Å². The number of benzene rings is 1. The van der Waals surface area contributed by atoms with Crippen LogP contribution in [0.1, 0.15) is 31.1 Å². The first-order chi connectivity index (χ1) is 14.7. The number of carbonyl (C=O) groups is 2. The number of amides is 2. The van der Waals surface area contributed by atoms with E-state index in [0.29, 0.717) is 36.6 Å². The molecule has 0 radical (unpaired) electrons. The van der Waals surface area contributed by atoms with E-state index in [-0.39, 0.29) is 22.6 Å². The molecule has 1 aromatic carbocycles. The van der Waals surface area contributed by atoms with Crippen LogP contribution in [-0.2, 0) is 19.6 Å². The Labute approximate surface area is 182 Å². The maximum absolute atomic E-state index is 12.7. The molecule has 2 amide bonds. The first-order valence-corrected chi connectivity index (χ1v) is 11.6. The molecular formula is C22H27N3O5S. The number of nitrogens with zero attached hydrogens (tertiary/aromatic N) is 1. The van der Waals surface area contributed by atoms with Gasteiger partial charge in [0.15, 0.2) is 0 Å². The number of piperidine rings is 1. The summed E-state index contributed by atoms with van der Waals surface area (Å²) in [6.45, 7) is 4.58. The van der Waals surface area contributed by atoms with Crippen molar-refractivity contribution in [1.29, 1.82) is 0 Å². The van der Waals surface area contributed by atoms with Gasteiger partial charge in [-0.15, -0.1) is 0 Å². The van der Waals surface area contributed by atoms with Gasteiger partial charge in [0.2, 0.25) is 21.8 Å². The molecule has 0 unspecified atom stereocenters. The molecule has 166 valence electrons. The standard InChI is InChI=1S/C22H27N3O5S/c1-16-14-19(24-17(2)26)5-7-21(16)31(28,29)23-15-18-9-11-25(12-10-18)22(27)8-6-20-4-3-13-30-20/h3-8,13-14,18,23H,9-12,15H2,1-2H3,(H,24,26)/b8-6+. The van der Waals surface area contributed by atoms with Gasteiger partial charge in [-0.2, -0.15) is 0 Å². The number of rotatable bonds is 7. The largest absolute Gasteiger partial charge is 0.465 e. The molecule has 0 saturated carbocycles. The maximum Gasteiger partial charge on any atom is 0.246 e. The van der Waals surface area contributed by atoms with Crippen LogP contribution < -0.4 is 10.0 Å². The number of furan rings is 1. The smallest absolute Gasteiger partial charge is 0.246 e. The minimum atomic E-state index is -3.66. The Morgan fingerprint density at radius 3 is 2.58 bits per heavy atom. The lowest BCUT2D eigenvalue weighted by molar-refractivity contribution is -0.127. The van der Waals surface area contributed by atoms with Crippen LogP contribution in [0.15, 0.2) is 52.0 Å². The average molecular weight is 446 g/mol. The Kier molecular flexibility index (Phi) is 7.29. The van der Waals surface area contributed by atoms with E-state index >= 15 is 0 Å². The molecule has 1 aromatic heterocycles. The van der Waals surface area contributed by atoms with Gasteiger partial charge in [0.25, 0.3) is 0 Å². The molecule has 1 fully saturated rings. The van der Waals surface area contributed by atoms with E-state index in [4.69, 9.17) is 4.42 Å². The minimum absolute atomic E-state index is 0.0784. The molecule has 9 heteroatoms. The van der Waals surface area contributed by atoms with E-state index in [0.717, 1.165) is 12.8 Å². The van der Waals surface area contributed by atoms with Gasteiger partial charge >= 0.3 is 0 Å². The molecule has 0 bridgehead atoms. The molecule has 0 aliphatic carbocycles. The van der Waals surface area contributed by atoms with Crippen LogP contribution in [-0.4, -0.2) is 44.8 Å². The Balaban J connectivity index is 1.50. The summed E-state index contributed by atoms with van der Waals surface area (Å²) in [6.07, 6.45) is 6.14. The van der Waals surface area contributed by atoms with Crippen molar-refractivity contribution >= 4 is 33.6 Å². The first-order valence-electron chi connectivity index (χ1n) is 10.1. The molecule has 8 nitrogen and oxygen atoms in total. The van der Waals surface area contributed by atoms with Crippen molar-refractivity contribution in [2.45, 2.75) is 31.6 Å². The zero-order chi connectivity index (χ0) is 22.4. The van der Waals surface area contributed by atoms with Crippen LogP contribution in [0.25, 0.3) is 6.08 Å². The van der Waals surface area contributed by atoms with Crippen LogP contribution in [0.4, 0.5) is 5.69 Å². The molecule has 2 heterocycles. The first kappa shape index (κ1) is 22.8. The number of hydrogen-bond acceptors (Lipinski definition) is 5. The Morgan fingerprint density at radius 1 is 1.23 bits per heavy atom. The monoisotopic (exact) mass is 445 g/mol. The van der Waals surface area contributed by atoms with E-state index < -0.39 is 10.0 Å². The van der Waals surface area contributed by atoms with Crippen molar-refractivity contribution in [3.05, 3.63) is 54.0 Å². The van der Waals surface area contributed by atoms with Crippen LogP contribution in [0.3, 0.4) is 0 Å². The Morgan fingerprint density at radius 2 is 1.97 bits per heavy atom. The van der Waals surface area contributed by atoms with Gasteiger partial charge in [-0.1, -0.05) is 0 Å². The summed E-state index contributed by atoms with van der Waals surface area (Å²) in [6, 6.07) is 8.24. The third kappa shape index (κ3) is 6.28.